The molecule has 0 aliphatic rings. The Morgan fingerprint density at radius 2 is 1.35 bits per heavy atom. The summed E-state index contributed by atoms with van der Waals surface area (Å²) in [6, 6.07) is 21.2. The van der Waals surface area contributed by atoms with Gasteiger partial charge in [0.05, 0.1) is 5.70 Å². The quantitative estimate of drug-likeness (QED) is 0.411. The highest BCUT2D eigenvalue weighted by molar-refractivity contribution is 5.83. The Balaban J connectivity index is 2.58. The van der Waals surface area contributed by atoms with Crippen LogP contribution in [0, 0.1) is 0 Å². The lowest BCUT2D eigenvalue weighted by molar-refractivity contribution is 0.390. The zero-order chi connectivity index (χ0) is 18.9. The smallest absolute Gasteiger partial charge is 0.0823 e. The molecule has 0 saturated carbocycles. The topological polar surface area (TPSA) is 3.24 Å². The summed E-state index contributed by atoms with van der Waals surface area (Å²) in [5.74, 6) is 0. The molecule has 0 aromatic heterocycles. The first-order chi connectivity index (χ1) is 12.6. The molecule has 0 fully saturated rings. The van der Waals surface area contributed by atoms with E-state index >= 15 is 0 Å². The Kier molecular flexibility index (Phi) is 7.26. The van der Waals surface area contributed by atoms with E-state index in [0.29, 0.717) is 0 Å². The van der Waals surface area contributed by atoms with Crippen LogP contribution in [0.5, 0.6) is 0 Å². The average molecular weight is 344 g/mol. The van der Waals surface area contributed by atoms with Crippen molar-refractivity contribution in [2.45, 2.75) is 27.7 Å². The van der Waals surface area contributed by atoms with Crippen LogP contribution in [0.4, 0.5) is 0 Å². The maximum absolute atomic E-state index is 3.91. The Bertz CT molecular complexity index is 773. The van der Waals surface area contributed by atoms with E-state index in [4.69, 9.17) is 0 Å². The minimum Gasteiger partial charge on any atom is -0.366 e. The van der Waals surface area contributed by atoms with Gasteiger partial charge in [0.25, 0.3) is 0 Å². The van der Waals surface area contributed by atoms with Crippen LogP contribution in [0.1, 0.15) is 38.8 Å². The van der Waals surface area contributed by atoms with Crippen molar-refractivity contribution in [2.24, 2.45) is 0 Å². The molecule has 1 heteroatoms. The van der Waals surface area contributed by atoms with E-state index in [1.807, 2.05) is 0 Å². The number of nitrogens with zero attached hydrogens (tertiary/aromatic N) is 1. The van der Waals surface area contributed by atoms with Crippen LogP contribution in [0.3, 0.4) is 0 Å². The van der Waals surface area contributed by atoms with Crippen molar-refractivity contribution in [1.82, 2.24) is 4.90 Å². The van der Waals surface area contributed by atoms with Crippen LogP contribution in [-0.4, -0.2) is 18.0 Å². The van der Waals surface area contributed by atoms with Crippen molar-refractivity contribution in [2.75, 3.05) is 13.1 Å². The van der Waals surface area contributed by atoms with Gasteiger partial charge in [0.1, 0.15) is 0 Å². The molecule has 0 bridgehead atoms. The number of hydrogen-bond acceptors (Lipinski definition) is 1. The van der Waals surface area contributed by atoms with Gasteiger partial charge in [-0.05, 0) is 55.5 Å². The van der Waals surface area contributed by atoms with Crippen molar-refractivity contribution in [3.63, 3.8) is 0 Å². The molecule has 0 amide bonds. The molecule has 0 aliphatic heterocycles. The Labute approximate surface area is 158 Å². The first-order valence-electron chi connectivity index (χ1n) is 9.27. The molecule has 0 radical (unpaired) electrons. The highest BCUT2D eigenvalue weighted by atomic mass is 15.1. The van der Waals surface area contributed by atoms with Gasteiger partial charge in [0.15, 0.2) is 0 Å². The number of rotatable bonds is 7. The van der Waals surface area contributed by atoms with Gasteiger partial charge in [-0.15, -0.1) is 5.73 Å². The minimum atomic E-state index is 0.951. The Morgan fingerprint density at radius 3 is 1.73 bits per heavy atom. The predicted octanol–water partition coefficient (Wildman–Crippen LogP) is 6.47. The van der Waals surface area contributed by atoms with E-state index in [1.54, 1.807) is 0 Å². The molecule has 26 heavy (non-hydrogen) atoms. The van der Waals surface area contributed by atoms with Crippen molar-refractivity contribution in [3.8, 4) is 0 Å². The van der Waals surface area contributed by atoms with Crippen LogP contribution in [0.2, 0.25) is 0 Å². The summed E-state index contributed by atoms with van der Waals surface area (Å²) in [6.07, 6.45) is 2.25. The predicted molar refractivity (Wildman–Crippen MR) is 114 cm³/mol. The molecular formula is C25H29N. The SMILES string of the molecule is C=C=C(/C(C)=C/C(C)=C(c1ccccc1)c1ccccc1)N(CC)CC. The zero-order valence-corrected chi connectivity index (χ0v) is 16.4. The van der Waals surface area contributed by atoms with E-state index in [0.717, 1.165) is 18.8 Å². The van der Waals surface area contributed by atoms with E-state index in [1.165, 1.54) is 27.8 Å². The average Bonchev–Trinajstić information content (AvgIpc) is 2.67. The largest absolute Gasteiger partial charge is 0.366 e. The normalized spacial score (nSPS) is 10.8. The van der Waals surface area contributed by atoms with Crippen LogP contribution >= 0.6 is 0 Å². The molecule has 0 atom stereocenters. The fraction of sp³-hybridized carbons (Fsp3) is 0.240. The standard InChI is InChI=1S/C25H29N/c1-6-24(26(7-2)8-3)20(4)19-21(5)25(22-15-11-9-12-16-22)23-17-13-10-14-18-23/h9-19H,1,7-8H2,2-5H3/b20-19+. The maximum Gasteiger partial charge on any atom is 0.0823 e. The molecule has 0 spiro atoms. The summed E-state index contributed by atoms with van der Waals surface area (Å²) in [6.45, 7) is 14.5. The summed E-state index contributed by atoms with van der Waals surface area (Å²) in [7, 11) is 0. The lowest BCUT2D eigenvalue weighted by Gasteiger charge is -2.23. The van der Waals surface area contributed by atoms with Crippen LogP contribution in [0.25, 0.3) is 5.57 Å². The molecule has 134 valence electrons. The summed E-state index contributed by atoms with van der Waals surface area (Å²) in [5, 5.41) is 0. The van der Waals surface area contributed by atoms with Crippen molar-refractivity contribution in [3.05, 3.63) is 107 Å². The lowest BCUT2D eigenvalue weighted by Crippen LogP contribution is -2.22. The van der Waals surface area contributed by atoms with Gasteiger partial charge in [-0.3, -0.25) is 0 Å². The summed E-state index contributed by atoms with van der Waals surface area (Å²) >= 11 is 0. The van der Waals surface area contributed by atoms with Gasteiger partial charge in [0.2, 0.25) is 0 Å². The first kappa shape index (κ1) is 19.6. The monoisotopic (exact) mass is 343 g/mol. The van der Waals surface area contributed by atoms with Crippen molar-refractivity contribution < 1.29 is 0 Å². The van der Waals surface area contributed by atoms with Gasteiger partial charge >= 0.3 is 0 Å². The van der Waals surface area contributed by atoms with Gasteiger partial charge in [-0.2, -0.15) is 0 Å². The van der Waals surface area contributed by atoms with Crippen molar-refractivity contribution >= 4 is 5.57 Å². The Hall–Kier alpha value is -2.76. The van der Waals surface area contributed by atoms with Crippen LogP contribution in [0.15, 0.2) is 95.9 Å². The van der Waals surface area contributed by atoms with Gasteiger partial charge < -0.3 is 4.90 Å². The van der Waals surface area contributed by atoms with Crippen molar-refractivity contribution in [1.29, 1.82) is 0 Å². The van der Waals surface area contributed by atoms with Crippen LogP contribution in [-0.2, 0) is 0 Å². The highest BCUT2D eigenvalue weighted by Gasteiger charge is 2.10. The fourth-order valence-corrected chi connectivity index (χ4v) is 3.34. The summed E-state index contributed by atoms with van der Waals surface area (Å²) < 4.78 is 0. The first-order valence-corrected chi connectivity index (χ1v) is 9.27. The summed E-state index contributed by atoms with van der Waals surface area (Å²) in [4.78, 5) is 2.29. The van der Waals surface area contributed by atoms with E-state index in [-0.39, 0.29) is 0 Å². The highest BCUT2D eigenvalue weighted by Crippen LogP contribution is 2.28. The third-order valence-corrected chi connectivity index (χ3v) is 4.57. The molecule has 0 N–H and O–H groups in total. The zero-order valence-electron chi connectivity index (χ0n) is 16.4. The second-order valence-corrected chi connectivity index (χ2v) is 6.32. The number of allylic oxidation sites excluding steroid dienone is 3. The molecule has 2 aromatic carbocycles. The molecule has 0 heterocycles. The second kappa shape index (κ2) is 9.65. The molecule has 0 aliphatic carbocycles. The fourth-order valence-electron chi connectivity index (χ4n) is 3.34. The third kappa shape index (κ3) is 4.65. The number of hydrogen-bond donors (Lipinski definition) is 0. The van der Waals surface area contributed by atoms with E-state index < -0.39 is 0 Å². The molecule has 0 saturated heterocycles. The van der Waals surface area contributed by atoms with Gasteiger partial charge in [-0.1, -0.05) is 73.3 Å². The van der Waals surface area contributed by atoms with Crippen LogP contribution < -0.4 is 0 Å². The molecule has 0 unspecified atom stereocenters. The van der Waals surface area contributed by atoms with E-state index in [2.05, 4.69) is 112 Å². The van der Waals surface area contributed by atoms with Gasteiger partial charge in [0, 0.05) is 13.1 Å². The molecule has 2 rings (SSSR count). The molecular weight excluding hydrogens is 314 g/mol. The molecule has 1 nitrogen and oxygen atoms in total. The summed E-state index contributed by atoms with van der Waals surface area (Å²) in [5.41, 5.74) is 10.3. The van der Waals surface area contributed by atoms with Gasteiger partial charge in [-0.25, -0.2) is 0 Å². The minimum absolute atomic E-state index is 0.951. The maximum atomic E-state index is 3.91. The third-order valence-electron chi connectivity index (χ3n) is 4.57. The number of likely N-dealkylation sites (N-methyl/N-ethyl adjacent to an activating group) is 1. The Morgan fingerprint density at radius 1 is 0.885 bits per heavy atom. The molecule has 2 aromatic rings. The number of benzene rings is 2. The van der Waals surface area contributed by atoms with E-state index in [9.17, 15) is 0 Å². The second-order valence-electron chi connectivity index (χ2n) is 6.32. The lowest BCUT2D eigenvalue weighted by atomic mass is 9.92.